The van der Waals surface area contributed by atoms with E-state index >= 15 is 0 Å². The second kappa shape index (κ2) is 9.94. The third-order valence-electron chi connectivity index (χ3n) is 4.09. The fourth-order valence-electron chi connectivity index (χ4n) is 2.55. The van der Waals surface area contributed by atoms with E-state index in [1.807, 2.05) is 78.9 Å². The van der Waals surface area contributed by atoms with Crippen molar-refractivity contribution in [2.45, 2.75) is 13.0 Å². The van der Waals surface area contributed by atoms with Gasteiger partial charge in [0.15, 0.2) is 0 Å². The normalized spacial score (nSPS) is 11.7. The van der Waals surface area contributed by atoms with Crippen LogP contribution in [0.1, 0.15) is 12.5 Å². The molecule has 2 N–H and O–H groups in total. The molecule has 0 aliphatic rings. The highest BCUT2D eigenvalue weighted by atomic mass is 16.5. The molecular weight excluding hydrogens is 366 g/mol. The average Bonchev–Trinajstić information content (AvgIpc) is 2.75. The predicted octanol–water partition coefficient (Wildman–Crippen LogP) is 4.44. The summed E-state index contributed by atoms with van der Waals surface area (Å²) in [6.07, 6.45) is 1.58. The fraction of sp³-hybridized carbons (Fsp3) is 0.130. The van der Waals surface area contributed by atoms with Crippen LogP contribution in [-0.4, -0.2) is 25.3 Å². The highest BCUT2D eigenvalue weighted by molar-refractivity contribution is 5.86. The van der Waals surface area contributed by atoms with E-state index in [9.17, 15) is 4.79 Å². The minimum absolute atomic E-state index is 0.242. The summed E-state index contributed by atoms with van der Waals surface area (Å²) >= 11 is 0. The Morgan fingerprint density at radius 1 is 0.931 bits per heavy atom. The molecule has 0 aliphatic carbocycles. The van der Waals surface area contributed by atoms with Crippen LogP contribution in [0.2, 0.25) is 0 Å². The molecule has 1 amide bonds. The number of amides is 1. The van der Waals surface area contributed by atoms with E-state index in [-0.39, 0.29) is 5.91 Å². The Kier molecular flexibility index (Phi) is 6.84. The van der Waals surface area contributed by atoms with Crippen LogP contribution >= 0.6 is 0 Å². The highest BCUT2D eigenvalue weighted by Gasteiger charge is 2.11. The summed E-state index contributed by atoms with van der Waals surface area (Å²) < 4.78 is 10.9. The Morgan fingerprint density at radius 3 is 2.38 bits per heavy atom. The number of nitrogens with zero attached hydrogens (tertiary/aromatic N) is 1. The Hall–Kier alpha value is -3.80. The second-order valence-corrected chi connectivity index (χ2v) is 6.32. The number of hydrogen-bond acceptors (Lipinski definition) is 5. The standard InChI is InChI=1S/C23H23N3O3/c1-17(25-19-11-13-20(28-2)14-12-19)23(27)26-24-16-18-7-6-10-22(15-18)29-21-8-4-3-5-9-21/h3-17,25H,1-2H3,(H,26,27)/b24-16-/t17-/m0/s1. The third-order valence-corrected chi connectivity index (χ3v) is 4.09. The highest BCUT2D eigenvalue weighted by Crippen LogP contribution is 2.21. The van der Waals surface area contributed by atoms with Crippen molar-refractivity contribution in [2.24, 2.45) is 5.10 Å². The number of para-hydroxylation sites is 1. The largest absolute Gasteiger partial charge is 0.497 e. The number of rotatable bonds is 8. The van der Waals surface area contributed by atoms with E-state index in [4.69, 9.17) is 9.47 Å². The molecule has 6 nitrogen and oxygen atoms in total. The third kappa shape index (κ3) is 6.10. The van der Waals surface area contributed by atoms with Gasteiger partial charge in [0.05, 0.1) is 13.3 Å². The predicted molar refractivity (Wildman–Crippen MR) is 115 cm³/mol. The van der Waals surface area contributed by atoms with Gasteiger partial charge in [-0.2, -0.15) is 5.10 Å². The van der Waals surface area contributed by atoms with Gasteiger partial charge in [-0.3, -0.25) is 4.79 Å². The molecule has 0 heterocycles. The Morgan fingerprint density at radius 2 is 1.66 bits per heavy atom. The van der Waals surface area contributed by atoms with E-state index in [0.717, 1.165) is 22.7 Å². The maximum absolute atomic E-state index is 12.2. The minimum atomic E-state index is -0.451. The second-order valence-electron chi connectivity index (χ2n) is 6.32. The van der Waals surface area contributed by atoms with Crippen molar-refractivity contribution in [3.63, 3.8) is 0 Å². The van der Waals surface area contributed by atoms with E-state index in [1.54, 1.807) is 20.2 Å². The molecule has 3 rings (SSSR count). The van der Waals surface area contributed by atoms with Crippen molar-refractivity contribution in [3.8, 4) is 17.2 Å². The number of carbonyl (C=O) groups excluding carboxylic acids is 1. The summed E-state index contributed by atoms with van der Waals surface area (Å²) in [6, 6.07) is 23.9. The molecule has 0 saturated carbocycles. The van der Waals surface area contributed by atoms with Gasteiger partial charge >= 0.3 is 0 Å². The lowest BCUT2D eigenvalue weighted by Crippen LogP contribution is -2.34. The summed E-state index contributed by atoms with van der Waals surface area (Å²) in [5.74, 6) is 1.97. The van der Waals surface area contributed by atoms with Gasteiger partial charge < -0.3 is 14.8 Å². The van der Waals surface area contributed by atoms with Crippen molar-refractivity contribution < 1.29 is 14.3 Å². The van der Waals surface area contributed by atoms with Crippen LogP contribution in [0, 0.1) is 0 Å². The zero-order valence-electron chi connectivity index (χ0n) is 16.3. The van der Waals surface area contributed by atoms with Crippen molar-refractivity contribution in [1.29, 1.82) is 0 Å². The number of benzene rings is 3. The molecule has 6 heteroatoms. The number of ether oxygens (including phenoxy) is 2. The first-order valence-corrected chi connectivity index (χ1v) is 9.20. The van der Waals surface area contributed by atoms with Crippen LogP contribution in [0.15, 0.2) is 84.0 Å². The van der Waals surface area contributed by atoms with Crippen molar-refractivity contribution in [2.75, 3.05) is 12.4 Å². The Balaban J connectivity index is 1.53. The smallest absolute Gasteiger partial charge is 0.262 e. The first-order valence-electron chi connectivity index (χ1n) is 9.20. The molecular formula is C23H23N3O3. The SMILES string of the molecule is COc1ccc(N[C@@H](C)C(=O)N/N=C\c2cccc(Oc3ccccc3)c2)cc1. The van der Waals surface area contributed by atoms with Gasteiger partial charge in [-0.1, -0.05) is 30.3 Å². The van der Waals surface area contributed by atoms with Gasteiger partial charge in [-0.25, -0.2) is 5.43 Å². The molecule has 0 fully saturated rings. The zero-order valence-corrected chi connectivity index (χ0v) is 16.3. The molecule has 0 saturated heterocycles. The van der Waals surface area contributed by atoms with E-state index in [1.165, 1.54) is 0 Å². The lowest BCUT2D eigenvalue weighted by molar-refractivity contribution is -0.121. The molecule has 0 bridgehead atoms. The van der Waals surface area contributed by atoms with Gasteiger partial charge in [0.25, 0.3) is 5.91 Å². The van der Waals surface area contributed by atoms with Crippen molar-refractivity contribution in [3.05, 3.63) is 84.4 Å². The van der Waals surface area contributed by atoms with Crippen LogP contribution in [0.25, 0.3) is 0 Å². The summed E-state index contributed by atoms with van der Waals surface area (Å²) in [6.45, 7) is 1.77. The zero-order chi connectivity index (χ0) is 20.5. The quantitative estimate of drug-likeness (QED) is 0.441. The van der Waals surface area contributed by atoms with Crippen LogP contribution in [-0.2, 0) is 4.79 Å². The Labute approximate surface area is 170 Å². The maximum atomic E-state index is 12.2. The molecule has 3 aromatic rings. The molecule has 29 heavy (non-hydrogen) atoms. The van der Waals surface area contributed by atoms with Gasteiger partial charge in [0.1, 0.15) is 23.3 Å². The lowest BCUT2D eigenvalue weighted by Gasteiger charge is -2.13. The van der Waals surface area contributed by atoms with Gasteiger partial charge in [0.2, 0.25) is 0 Å². The van der Waals surface area contributed by atoms with E-state index < -0.39 is 6.04 Å². The number of methoxy groups -OCH3 is 1. The summed E-state index contributed by atoms with van der Waals surface area (Å²) in [5.41, 5.74) is 4.18. The summed E-state index contributed by atoms with van der Waals surface area (Å²) in [4.78, 5) is 12.2. The summed E-state index contributed by atoms with van der Waals surface area (Å²) in [7, 11) is 1.61. The minimum Gasteiger partial charge on any atom is -0.497 e. The molecule has 3 aromatic carbocycles. The first kappa shape index (κ1) is 19.9. The van der Waals surface area contributed by atoms with Crippen LogP contribution in [0.5, 0.6) is 17.2 Å². The van der Waals surface area contributed by atoms with Gasteiger partial charge in [0, 0.05) is 5.69 Å². The first-order chi connectivity index (χ1) is 14.1. The fourth-order valence-corrected chi connectivity index (χ4v) is 2.55. The lowest BCUT2D eigenvalue weighted by atomic mass is 10.2. The van der Waals surface area contributed by atoms with Crippen LogP contribution < -0.4 is 20.2 Å². The molecule has 0 aliphatic heterocycles. The molecule has 0 radical (unpaired) electrons. The average molecular weight is 389 g/mol. The maximum Gasteiger partial charge on any atom is 0.262 e. The number of carbonyl (C=O) groups is 1. The molecule has 0 spiro atoms. The number of anilines is 1. The number of hydrogen-bond donors (Lipinski definition) is 2. The molecule has 0 unspecified atom stereocenters. The number of nitrogens with one attached hydrogen (secondary N) is 2. The van der Waals surface area contributed by atoms with E-state index in [2.05, 4.69) is 15.8 Å². The van der Waals surface area contributed by atoms with Gasteiger partial charge in [-0.05, 0) is 61.0 Å². The Bertz CT molecular complexity index is 957. The van der Waals surface area contributed by atoms with Crippen LogP contribution in [0.3, 0.4) is 0 Å². The summed E-state index contributed by atoms with van der Waals surface area (Å²) in [5, 5.41) is 7.16. The van der Waals surface area contributed by atoms with E-state index in [0.29, 0.717) is 5.75 Å². The molecule has 148 valence electrons. The van der Waals surface area contributed by atoms with Gasteiger partial charge in [-0.15, -0.1) is 0 Å². The van der Waals surface area contributed by atoms with Crippen molar-refractivity contribution in [1.82, 2.24) is 5.43 Å². The monoisotopic (exact) mass is 389 g/mol. The van der Waals surface area contributed by atoms with Crippen LogP contribution in [0.4, 0.5) is 5.69 Å². The molecule has 0 aromatic heterocycles. The van der Waals surface area contributed by atoms with Crippen molar-refractivity contribution >= 4 is 17.8 Å². The number of hydrazone groups is 1. The molecule has 1 atom stereocenters. The topological polar surface area (TPSA) is 72.0 Å².